The first-order chi connectivity index (χ1) is 12.3. The molecule has 1 aromatic heterocycles. The molecular formula is C18H23Cl2N3O4. The fraction of sp³-hybridized carbons (Fsp3) is 0.333. The van der Waals surface area contributed by atoms with Crippen LogP contribution in [0.2, 0.25) is 0 Å². The maximum atomic E-state index is 12.3. The Kier molecular flexibility index (Phi) is 9.88. The molecule has 1 aliphatic rings. The number of methoxy groups -OCH3 is 1. The lowest BCUT2D eigenvalue weighted by molar-refractivity contribution is -0.120. The van der Waals surface area contributed by atoms with Crippen molar-refractivity contribution in [1.82, 2.24) is 10.3 Å². The van der Waals surface area contributed by atoms with Gasteiger partial charge in [-0.3, -0.25) is 9.78 Å². The number of nitrogens with one attached hydrogen (secondary N) is 2. The van der Waals surface area contributed by atoms with Crippen LogP contribution in [0.15, 0.2) is 42.7 Å². The number of amides is 1. The van der Waals surface area contributed by atoms with Crippen molar-refractivity contribution in [2.75, 3.05) is 32.2 Å². The number of carbonyl (C=O) groups excluding carboxylic acids is 1. The average Bonchev–Trinajstić information content (AvgIpc) is 2.68. The normalized spacial score (nSPS) is 15.7. The van der Waals surface area contributed by atoms with Crippen LogP contribution in [0.5, 0.6) is 11.5 Å². The number of halogens is 2. The third kappa shape index (κ3) is 6.55. The van der Waals surface area contributed by atoms with E-state index in [0.717, 1.165) is 5.56 Å². The molecule has 1 aliphatic heterocycles. The molecule has 1 atom stereocenters. The molecule has 0 aliphatic carbocycles. The smallest absolute Gasteiger partial charge is 0.243 e. The maximum absolute atomic E-state index is 12.3. The summed E-state index contributed by atoms with van der Waals surface area (Å²) in [6.07, 6.45) is 3.45. The molecule has 3 rings (SSSR count). The van der Waals surface area contributed by atoms with E-state index in [4.69, 9.17) is 14.2 Å². The molecule has 1 saturated heterocycles. The minimum absolute atomic E-state index is 0. The van der Waals surface area contributed by atoms with Crippen LogP contribution in [-0.2, 0) is 16.1 Å². The second-order valence-corrected chi connectivity index (χ2v) is 5.59. The lowest BCUT2D eigenvalue weighted by Crippen LogP contribution is -2.48. The molecule has 2 heterocycles. The molecule has 1 unspecified atom stereocenters. The van der Waals surface area contributed by atoms with Gasteiger partial charge in [0.25, 0.3) is 0 Å². The molecule has 1 fully saturated rings. The van der Waals surface area contributed by atoms with Gasteiger partial charge in [-0.2, -0.15) is 0 Å². The molecule has 0 bridgehead atoms. The van der Waals surface area contributed by atoms with Gasteiger partial charge >= 0.3 is 0 Å². The van der Waals surface area contributed by atoms with E-state index >= 15 is 0 Å². The van der Waals surface area contributed by atoms with E-state index < -0.39 is 0 Å². The molecule has 1 aromatic carbocycles. The number of hydrogen-bond donors (Lipinski definition) is 2. The molecule has 0 radical (unpaired) electrons. The van der Waals surface area contributed by atoms with Crippen molar-refractivity contribution >= 4 is 36.4 Å². The molecule has 1 amide bonds. The van der Waals surface area contributed by atoms with E-state index in [2.05, 4.69) is 15.6 Å². The van der Waals surface area contributed by atoms with E-state index in [1.54, 1.807) is 37.7 Å². The summed E-state index contributed by atoms with van der Waals surface area (Å²) in [5.41, 5.74) is 1.59. The summed E-state index contributed by atoms with van der Waals surface area (Å²) in [6.45, 7) is 2.02. The lowest BCUT2D eigenvalue weighted by atomic mass is 10.2. The highest BCUT2D eigenvalue weighted by atomic mass is 35.5. The first-order valence-corrected chi connectivity index (χ1v) is 8.08. The van der Waals surface area contributed by atoms with Crippen LogP contribution >= 0.6 is 24.8 Å². The molecule has 0 saturated carbocycles. The van der Waals surface area contributed by atoms with Gasteiger partial charge in [-0.05, 0) is 18.2 Å². The summed E-state index contributed by atoms with van der Waals surface area (Å²) >= 11 is 0. The van der Waals surface area contributed by atoms with Crippen molar-refractivity contribution in [3.63, 3.8) is 0 Å². The molecule has 2 N–H and O–H groups in total. The zero-order valence-electron chi connectivity index (χ0n) is 14.8. The summed E-state index contributed by atoms with van der Waals surface area (Å²) in [4.78, 5) is 16.3. The number of carbonyl (C=O) groups is 1. The van der Waals surface area contributed by atoms with Gasteiger partial charge in [-0.1, -0.05) is 6.07 Å². The van der Waals surface area contributed by atoms with Crippen molar-refractivity contribution in [1.29, 1.82) is 0 Å². The Morgan fingerprint density at radius 2 is 2.19 bits per heavy atom. The van der Waals surface area contributed by atoms with Crippen LogP contribution < -0.4 is 20.1 Å². The van der Waals surface area contributed by atoms with Crippen LogP contribution in [0.1, 0.15) is 5.56 Å². The van der Waals surface area contributed by atoms with E-state index in [1.165, 1.54) is 0 Å². The molecule has 27 heavy (non-hydrogen) atoms. The molecular weight excluding hydrogens is 393 g/mol. The minimum Gasteiger partial charge on any atom is -0.493 e. The summed E-state index contributed by atoms with van der Waals surface area (Å²) < 4.78 is 16.5. The van der Waals surface area contributed by atoms with Crippen molar-refractivity contribution in [2.24, 2.45) is 0 Å². The number of pyridine rings is 1. The summed E-state index contributed by atoms with van der Waals surface area (Å²) in [7, 11) is 1.58. The lowest BCUT2D eigenvalue weighted by Gasteiger charge is -2.23. The third-order valence-electron chi connectivity index (χ3n) is 3.79. The largest absolute Gasteiger partial charge is 0.493 e. The molecule has 148 valence electrons. The van der Waals surface area contributed by atoms with Gasteiger partial charge in [-0.15, -0.1) is 24.8 Å². The van der Waals surface area contributed by atoms with Crippen LogP contribution in [0.25, 0.3) is 0 Å². The van der Waals surface area contributed by atoms with Gasteiger partial charge < -0.3 is 24.8 Å². The molecule has 7 nitrogen and oxygen atoms in total. The van der Waals surface area contributed by atoms with Crippen LogP contribution in [0, 0.1) is 0 Å². The van der Waals surface area contributed by atoms with Crippen molar-refractivity contribution < 1.29 is 19.0 Å². The molecule has 2 aromatic rings. The van der Waals surface area contributed by atoms with Crippen LogP contribution in [0.4, 0.5) is 5.69 Å². The monoisotopic (exact) mass is 415 g/mol. The van der Waals surface area contributed by atoms with Crippen molar-refractivity contribution in [2.45, 2.75) is 12.6 Å². The van der Waals surface area contributed by atoms with E-state index in [1.807, 2.05) is 12.1 Å². The third-order valence-corrected chi connectivity index (χ3v) is 3.79. The fourth-order valence-corrected chi connectivity index (χ4v) is 2.48. The van der Waals surface area contributed by atoms with E-state index in [9.17, 15) is 4.79 Å². The van der Waals surface area contributed by atoms with Crippen molar-refractivity contribution in [3.05, 3.63) is 48.3 Å². The number of aromatic nitrogens is 1. The highest BCUT2D eigenvalue weighted by Crippen LogP contribution is 2.31. The summed E-state index contributed by atoms with van der Waals surface area (Å²) in [6, 6.07) is 8.72. The van der Waals surface area contributed by atoms with Gasteiger partial charge in [0.15, 0.2) is 11.5 Å². The Labute approximate surface area is 170 Å². The highest BCUT2D eigenvalue weighted by Gasteiger charge is 2.21. The first-order valence-electron chi connectivity index (χ1n) is 8.08. The molecule has 0 spiro atoms. The summed E-state index contributed by atoms with van der Waals surface area (Å²) in [5.74, 6) is 1.01. The number of ether oxygens (including phenoxy) is 3. The fourth-order valence-electron chi connectivity index (χ4n) is 2.48. The topological polar surface area (TPSA) is 81.7 Å². The minimum atomic E-state index is -0.351. The van der Waals surface area contributed by atoms with Gasteiger partial charge in [0.2, 0.25) is 5.91 Å². The van der Waals surface area contributed by atoms with Gasteiger partial charge in [0.05, 0.1) is 20.3 Å². The highest BCUT2D eigenvalue weighted by molar-refractivity contribution is 5.95. The number of hydrogen-bond acceptors (Lipinski definition) is 6. The Morgan fingerprint density at radius 1 is 1.33 bits per heavy atom. The zero-order valence-corrected chi connectivity index (χ0v) is 16.5. The number of rotatable bonds is 6. The number of benzene rings is 1. The second kappa shape index (κ2) is 11.6. The van der Waals surface area contributed by atoms with Crippen LogP contribution in [-0.4, -0.2) is 43.8 Å². The predicted molar refractivity (Wildman–Crippen MR) is 107 cm³/mol. The quantitative estimate of drug-likeness (QED) is 0.753. The van der Waals surface area contributed by atoms with Gasteiger partial charge in [-0.25, -0.2) is 0 Å². The SMILES string of the molecule is COc1ccc(NC(=O)C2COCCN2)cc1OCc1cccnc1.Cl.Cl. The van der Waals surface area contributed by atoms with Crippen LogP contribution in [0.3, 0.4) is 0 Å². The van der Waals surface area contributed by atoms with Gasteiger partial charge in [0.1, 0.15) is 12.6 Å². The number of anilines is 1. The Hall–Kier alpha value is -2.06. The van der Waals surface area contributed by atoms with Crippen molar-refractivity contribution in [3.8, 4) is 11.5 Å². The van der Waals surface area contributed by atoms with Gasteiger partial charge in [0, 0.05) is 36.3 Å². The maximum Gasteiger partial charge on any atom is 0.243 e. The number of nitrogens with zero attached hydrogens (tertiary/aromatic N) is 1. The summed E-state index contributed by atoms with van der Waals surface area (Å²) in [5, 5.41) is 6.00. The predicted octanol–water partition coefficient (Wildman–Crippen LogP) is 2.44. The standard InChI is InChI=1S/C18H21N3O4.2ClH/c1-23-16-5-4-14(21-18(22)15-12-24-8-7-20-15)9-17(16)25-11-13-3-2-6-19-10-13;;/h2-6,9-10,15,20H,7-8,11-12H2,1H3,(H,21,22);2*1H. The zero-order chi connectivity index (χ0) is 17.5. The Balaban J connectivity index is 0.00000182. The van der Waals surface area contributed by atoms with E-state index in [-0.39, 0.29) is 36.8 Å². The second-order valence-electron chi connectivity index (χ2n) is 5.59. The Bertz CT molecular complexity index is 713. The average molecular weight is 416 g/mol. The first kappa shape index (κ1) is 23.0. The molecule has 9 heteroatoms. The number of morpholine rings is 1. The van der Waals surface area contributed by atoms with E-state index in [0.29, 0.717) is 43.6 Å². The Morgan fingerprint density at radius 3 is 2.85 bits per heavy atom.